The number of aromatic nitrogens is 2. The van der Waals surface area contributed by atoms with Crippen molar-refractivity contribution in [2.45, 2.75) is 26.2 Å². The van der Waals surface area contributed by atoms with Crippen LogP contribution >= 0.6 is 11.6 Å². The highest BCUT2D eigenvalue weighted by molar-refractivity contribution is 7.92. The Hall–Kier alpha value is -3.48. The van der Waals surface area contributed by atoms with E-state index in [1.54, 1.807) is 12.1 Å². The fraction of sp³-hybridized carbons (Fsp3) is 0.448. The van der Waals surface area contributed by atoms with Gasteiger partial charge < -0.3 is 29.7 Å². The van der Waals surface area contributed by atoms with Crippen molar-refractivity contribution in [1.82, 2.24) is 9.97 Å². The molecule has 0 radical (unpaired) electrons. The molecule has 0 saturated carbocycles. The molecule has 11 nitrogen and oxygen atoms in total. The Morgan fingerprint density at radius 3 is 2.67 bits per heavy atom. The van der Waals surface area contributed by atoms with Crippen LogP contribution in [0, 0.1) is 5.41 Å². The van der Waals surface area contributed by atoms with Crippen molar-refractivity contribution in [3.63, 3.8) is 0 Å². The van der Waals surface area contributed by atoms with Crippen LogP contribution < -0.4 is 29.3 Å². The maximum atomic E-state index is 12.5. The average Bonchev–Trinajstić information content (AvgIpc) is 2.97. The molecule has 0 aliphatic carbocycles. The van der Waals surface area contributed by atoms with Gasteiger partial charge in [-0.2, -0.15) is 4.98 Å². The van der Waals surface area contributed by atoms with E-state index in [9.17, 15) is 8.42 Å². The first-order chi connectivity index (χ1) is 20.2. The molecule has 3 aliphatic heterocycles. The van der Waals surface area contributed by atoms with Crippen LogP contribution in [0.1, 0.15) is 25.3 Å². The van der Waals surface area contributed by atoms with E-state index in [1.807, 2.05) is 6.07 Å². The van der Waals surface area contributed by atoms with Crippen LogP contribution in [-0.2, 0) is 21.2 Å². The molecule has 4 heterocycles. The second-order valence-electron chi connectivity index (χ2n) is 11.1. The van der Waals surface area contributed by atoms with Crippen molar-refractivity contribution in [1.29, 1.82) is 0 Å². The number of ether oxygens (including phenoxy) is 3. The summed E-state index contributed by atoms with van der Waals surface area (Å²) in [5.41, 5.74) is 4.38. The third-order valence-corrected chi connectivity index (χ3v) is 9.46. The number of hydrogen-bond acceptors (Lipinski definition) is 10. The third-order valence-electron chi connectivity index (χ3n) is 8.01. The summed E-state index contributed by atoms with van der Waals surface area (Å²) in [6.45, 7) is 6.62. The summed E-state index contributed by atoms with van der Waals surface area (Å²) >= 11 is 6.48. The van der Waals surface area contributed by atoms with E-state index in [-0.39, 0.29) is 5.02 Å². The van der Waals surface area contributed by atoms with E-state index in [0.29, 0.717) is 53.3 Å². The van der Waals surface area contributed by atoms with Gasteiger partial charge in [-0.05, 0) is 55.2 Å². The van der Waals surface area contributed by atoms with Crippen molar-refractivity contribution in [3.05, 3.63) is 47.1 Å². The van der Waals surface area contributed by atoms with Gasteiger partial charge in [0.2, 0.25) is 16.0 Å². The molecule has 42 heavy (non-hydrogen) atoms. The van der Waals surface area contributed by atoms with Gasteiger partial charge in [-0.25, -0.2) is 13.4 Å². The number of anilines is 6. The van der Waals surface area contributed by atoms with Gasteiger partial charge in [0.25, 0.3) is 0 Å². The summed E-state index contributed by atoms with van der Waals surface area (Å²) in [7, 11) is -2.16. The number of fused-ring (bicyclic) bond motifs is 1. The Balaban J connectivity index is 1.23. The Morgan fingerprint density at radius 1 is 1.12 bits per heavy atom. The van der Waals surface area contributed by atoms with Gasteiger partial charge in [0.15, 0.2) is 17.3 Å². The third kappa shape index (κ3) is 5.62. The molecule has 224 valence electrons. The number of rotatable bonds is 8. The molecule has 2 saturated heterocycles. The lowest BCUT2D eigenvalue weighted by Crippen LogP contribution is -2.60. The molecule has 13 heteroatoms. The summed E-state index contributed by atoms with van der Waals surface area (Å²) in [4.78, 5) is 11.4. The molecule has 0 unspecified atom stereocenters. The molecule has 0 atom stereocenters. The average molecular weight is 615 g/mol. The van der Waals surface area contributed by atoms with Gasteiger partial charge in [-0.1, -0.05) is 18.5 Å². The van der Waals surface area contributed by atoms with Crippen molar-refractivity contribution in [3.8, 4) is 11.5 Å². The number of benzene rings is 2. The molecule has 0 bridgehead atoms. The van der Waals surface area contributed by atoms with Gasteiger partial charge in [-0.15, -0.1) is 0 Å². The van der Waals surface area contributed by atoms with Crippen molar-refractivity contribution < 1.29 is 22.6 Å². The lowest BCUT2D eigenvalue weighted by atomic mass is 9.75. The lowest BCUT2D eigenvalue weighted by Gasteiger charge is -2.53. The lowest BCUT2D eigenvalue weighted by molar-refractivity contribution is -0.0235. The maximum Gasteiger partial charge on any atom is 0.232 e. The SMILES string of the molecule is CCc1cc(Nc2ncc(Cl)c(Nc3ccc4c(c3N(C)S(C)(=O)=O)OCCO4)n2)ccc1N1CC2(CCCOC2)C1. The van der Waals surface area contributed by atoms with Gasteiger partial charge >= 0.3 is 0 Å². The fourth-order valence-corrected chi connectivity index (χ4v) is 6.45. The second-order valence-corrected chi connectivity index (χ2v) is 13.5. The highest BCUT2D eigenvalue weighted by Gasteiger charge is 2.44. The summed E-state index contributed by atoms with van der Waals surface area (Å²) in [5.74, 6) is 1.44. The Labute approximate surface area is 251 Å². The zero-order valence-corrected chi connectivity index (χ0v) is 25.5. The molecular formula is C29H35ClN6O5S. The van der Waals surface area contributed by atoms with Crippen LogP contribution in [0.3, 0.4) is 0 Å². The summed E-state index contributed by atoms with van der Waals surface area (Å²) in [6.07, 6.45) is 5.88. The highest BCUT2D eigenvalue weighted by atomic mass is 35.5. The van der Waals surface area contributed by atoms with Crippen LogP contribution in [0.4, 0.5) is 34.5 Å². The van der Waals surface area contributed by atoms with E-state index in [1.165, 1.54) is 30.9 Å². The van der Waals surface area contributed by atoms with E-state index in [2.05, 4.69) is 44.6 Å². The van der Waals surface area contributed by atoms with E-state index in [0.717, 1.165) is 55.4 Å². The van der Waals surface area contributed by atoms with Crippen LogP contribution in [0.25, 0.3) is 0 Å². The van der Waals surface area contributed by atoms with E-state index in [4.69, 9.17) is 25.8 Å². The number of sulfonamides is 1. The van der Waals surface area contributed by atoms with Crippen molar-refractivity contribution >= 4 is 56.1 Å². The highest BCUT2D eigenvalue weighted by Crippen LogP contribution is 2.46. The number of halogens is 1. The molecular weight excluding hydrogens is 580 g/mol. The normalized spacial score (nSPS) is 17.5. The fourth-order valence-electron chi connectivity index (χ4n) is 5.80. The molecule has 1 spiro atoms. The molecule has 3 aliphatic rings. The molecule has 2 aromatic carbocycles. The smallest absolute Gasteiger partial charge is 0.232 e. The van der Waals surface area contributed by atoms with Crippen LogP contribution in [0.2, 0.25) is 5.02 Å². The molecule has 2 fully saturated rings. The summed E-state index contributed by atoms with van der Waals surface area (Å²) in [5, 5.41) is 6.74. The molecule has 0 amide bonds. The quantitative estimate of drug-likeness (QED) is 0.360. The minimum atomic E-state index is -3.62. The maximum absolute atomic E-state index is 12.5. The largest absolute Gasteiger partial charge is 0.486 e. The van der Waals surface area contributed by atoms with Crippen LogP contribution in [0.5, 0.6) is 11.5 Å². The Bertz CT molecular complexity index is 1590. The predicted molar refractivity (Wildman–Crippen MR) is 165 cm³/mol. The standard InChI is InChI=1S/C29H35ClN6O5S/c1-4-19-14-20(6-8-23(19)36-16-29(17-36)10-5-11-39-18-29)32-28-31-15-21(30)27(34-28)33-22-7-9-24-26(41-13-12-40-24)25(22)35(2)42(3,37)38/h6-9,14-15H,4-5,10-13,16-18H2,1-3H3,(H2,31,32,33,34). The first kappa shape index (κ1) is 28.6. The van der Waals surface area contributed by atoms with Gasteiger partial charge in [-0.3, -0.25) is 4.31 Å². The number of aryl methyl sites for hydroxylation is 1. The number of hydrogen-bond donors (Lipinski definition) is 2. The molecule has 1 aromatic heterocycles. The predicted octanol–water partition coefficient (Wildman–Crippen LogP) is 4.96. The number of nitrogens with one attached hydrogen (secondary N) is 2. The summed E-state index contributed by atoms with van der Waals surface area (Å²) in [6, 6.07) is 9.74. The zero-order valence-electron chi connectivity index (χ0n) is 23.9. The summed E-state index contributed by atoms with van der Waals surface area (Å²) < 4.78 is 43.4. The molecule has 6 rings (SSSR count). The first-order valence-electron chi connectivity index (χ1n) is 14.0. The minimum Gasteiger partial charge on any atom is -0.486 e. The Morgan fingerprint density at radius 2 is 1.93 bits per heavy atom. The Kier molecular flexibility index (Phi) is 7.71. The zero-order chi connectivity index (χ0) is 29.5. The first-order valence-corrected chi connectivity index (χ1v) is 16.3. The minimum absolute atomic E-state index is 0.270. The van der Waals surface area contributed by atoms with Crippen molar-refractivity contribution in [2.24, 2.45) is 5.41 Å². The topological polar surface area (TPSA) is 118 Å². The van der Waals surface area contributed by atoms with Crippen LogP contribution in [0.15, 0.2) is 36.5 Å². The van der Waals surface area contributed by atoms with Gasteiger partial charge in [0.05, 0.1) is 24.7 Å². The van der Waals surface area contributed by atoms with Crippen LogP contribution in [-0.4, -0.2) is 71.2 Å². The van der Waals surface area contributed by atoms with Crippen molar-refractivity contribution in [2.75, 3.05) is 72.7 Å². The monoisotopic (exact) mass is 614 g/mol. The second kappa shape index (κ2) is 11.3. The van der Waals surface area contributed by atoms with E-state index < -0.39 is 10.0 Å². The molecule has 3 aromatic rings. The number of nitrogens with zero attached hydrogens (tertiary/aromatic N) is 4. The van der Waals surface area contributed by atoms with E-state index >= 15 is 0 Å². The van der Waals surface area contributed by atoms with Gasteiger partial charge in [0.1, 0.15) is 23.9 Å². The molecule has 2 N–H and O–H groups in total. The van der Waals surface area contributed by atoms with Gasteiger partial charge in [0, 0.05) is 43.5 Å².